The molecule has 1 aromatic rings. The van der Waals surface area contributed by atoms with Gasteiger partial charge in [-0.1, -0.05) is 11.8 Å². The van der Waals surface area contributed by atoms with Crippen molar-refractivity contribution in [3.63, 3.8) is 0 Å². The number of aliphatic carboxylic acids is 1. The molecule has 1 atom stereocenters. The van der Waals surface area contributed by atoms with E-state index in [0.29, 0.717) is 30.2 Å². The average Bonchev–Trinajstić information content (AvgIpc) is 2.89. The summed E-state index contributed by atoms with van der Waals surface area (Å²) >= 11 is 1.13. The van der Waals surface area contributed by atoms with E-state index in [9.17, 15) is 4.79 Å². The number of carbonyl (C=O) groups is 1. The standard InChI is InChI=1S/C9H14N4O3S/c10-8-11-12-9(17-5-7(14)15)13(8)3-6-1-2-16-4-6/h6H,1-5H2,(H2,10,11)(H,14,15). The van der Waals surface area contributed by atoms with Gasteiger partial charge in [0, 0.05) is 19.1 Å². The Morgan fingerprint density at radius 2 is 2.47 bits per heavy atom. The van der Waals surface area contributed by atoms with Crippen molar-refractivity contribution in [3.05, 3.63) is 0 Å². The lowest BCUT2D eigenvalue weighted by molar-refractivity contribution is -0.133. The Hall–Kier alpha value is -1.28. The Kier molecular flexibility index (Phi) is 3.85. The van der Waals surface area contributed by atoms with Crippen molar-refractivity contribution in [2.45, 2.75) is 18.1 Å². The molecule has 1 saturated heterocycles. The van der Waals surface area contributed by atoms with E-state index in [2.05, 4.69) is 10.2 Å². The molecule has 1 fully saturated rings. The summed E-state index contributed by atoms with van der Waals surface area (Å²) in [6.45, 7) is 2.16. The van der Waals surface area contributed by atoms with Crippen molar-refractivity contribution < 1.29 is 14.6 Å². The summed E-state index contributed by atoms with van der Waals surface area (Å²) in [5, 5.41) is 16.8. The molecule has 1 unspecified atom stereocenters. The molecule has 2 heterocycles. The van der Waals surface area contributed by atoms with Crippen LogP contribution >= 0.6 is 11.8 Å². The highest BCUT2D eigenvalue weighted by atomic mass is 32.2. The average molecular weight is 258 g/mol. The number of nitrogen functional groups attached to an aromatic ring is 1. The van der Waals surface area contributed by atoms with Crippen LogP contribution in [-0.2, 0) is 16.1 Å². The van der Waals surface area contributed by atoms with Crippen LogP contribution in [0.15, 0.2) is 5.16 Å². The van der Waals surface area contributed by atoms with E-state index >= 15 is 0 Å². The molecular formula is C9H14N4O3S. The van der Waals surface area contributed by atoms with E-state index in [1.54, 1.807) is 4.57 Å². The Morgan fingerprint density at radius 3 is 3.12 bits per heavy atom. The summed E-state index contributed by atoms with van der Waals surface area (Å²) in [5.41, 5.74) is 5.71. The third-order valence-corrected chi connectivity index (χ3v) is 3.49. The van der Waals surface area contributed by atoms with Crippen LogP contribution in [0.3, 0.4) is 0 Å². The number of hydrogen-bond acceptors (Lipinski definition) is 6. The smallest absolute Gasteiger partial charge is 0.313 e. The van der Waals surface area contributed by atoms with Crippen molar-refractivity contribution in [2.24, 2.45) is 5.92 Å². The number of aromatic nitrogens is 3. The minimum Gasteiger partial charge on any atom is -0.481 e. The number of nitrogens with zero attached hydrogens (tertiary/aromatic N) is 3. The summed E-state index contributed by atoms with van der Waals surface area (Å²) in [6, 6.07) is 0. The van der Waals surface area contributed by atoms with Gasteiger partial charge in [-0.05, 0) is 6.42 Å². The molecule has 0 spiro atoms. The van der Waals surface area contributed by atoms with E-state index in [-0.39, 0.29) is 5.75 Å². The van der Waals surface area contributed by atoms with Crippen LogP contribution in [0.25, 0.3) is 0 Å². The van der Waals surface area contributed by atoms with Gasteiger partial charge in [-0.15, -0.1) is 10.2 Å². The van der Waals surface area contributed by atoms with Crippen molar-refractivity contribution in [1.29, 1.82) is 0 Å². The van der Waals surface area contributed by atoms with Gasteiger partial charge >= 0.3 is 5.97 Å². The second-order valence-electron chi connectivity index (χ2n) is 3.86. The number of hydrogen-bond donors (Lipinski definition) is 2. The normalized spacial score (nSPS) is 19.6. The van der Waals surface area contributed by atoms with Gasteiger partial charge in [0.2, 0.25) is 5.95 Å². The molecule has 8 heteroatoms. The van der Waals surface area contributed by atoms with Crippen LogP contribution in [0, 0.1) is 5.92 Å². The van der Waals surface area contributed by atoms with E-state index < -0.39 is 5.97 Å². The highest BCUT2D eigenvalue weighted by molar-refractivity contribution is 7.99. The molecule has 94 valence electrons. The molecule has 1 aliphatic heterocycles. The molecule has 7 nitrogen and oxygen atoms in total. The third kappa shape index (κ3) is 3.10. The van der Waals surface area contributed by atoms with E-state index in [1.807, 2.05) is 0 Å². The molecule has 0 saturated carbocycles. The molecule has 3 N–H and O–H groups in total. The van der Waals surface area contributed by atoms with Crippen molar-refractivity contribution in [3.8, 4) is 0 Å². The zero-order valence-electron chi connectivity index (χ0n) is 9.20. The number of anilines is 1. The lowest BCUT2D eigenvalue weighted by Crippen LogP contribution is -2.14. The first-order chi connectivity index (χ1) is 8.16. The fraction of sp³-hybridized carbons (Fsp3) is 0.667. The zero-order valence-corrected chi connectivity index (χ0v) is 10.0. The molecule has 0 aromatic carbocycles. The predicted molar refractivity (Wildman–Crippen MR) is 61.7 cm³/mol. The Balaban J connectivity index is 2.03. The van der Waals surface area contributed by atoms with E-state index in [1.165, 1.54) is 0 Å². The maximum Gasteiger partial charge on any atom is 0.313 e. The first-order valence-corrected chi connectivity index (χ1v) is 6.26. The van der Waals surface area contributed by atoms with Gasteiger partial charge in [0.05, 0.1) is 12.4 Å². The highest BCUT2D eigenvalue weighted by Gasteiger charge is 2.20. The maximum atomic E-state index is 10.5. The molecule has 1 aromatic heterocycles. The van der Waals surface area contributed by atoms with E-state index in [0.717, 1.165) is 24.8 Å². The van der Waals surface area contributed by atoms with Gasteiger partial charge < -0.3 is 15.6 Å². The first kappa shape index (κ1) is 12.2. The Bertz CT molecular complexity index is 403. The van der Waals surface area contributed by atoms with Crippen LogP contribution in [0.4, 0.5) is 5.95 Å². The second kappa shape index (κ2) is 5.37. The molecule has 0 aliphatic carbocycles. The SMILES string of the molecule is Nc1nnc(SCC(=O)O)n1CC1CCOC1. The molecule has 2 rings (SSSR count). The Morgan fingerprint density at radius 1 is 1.65 bits per heavy atom. The summed E-state index contributed by atoms with van der Waals surface area (Å²) in [7, 11) is 0. The third-order valence-electron chi connectivity index (χ3n) is 2.53. The van der Waals surface area contributed by atoms with Crippen LogP contribution in [0.2, 0.25) is 0 Å². The number of rotatable bonds is 5. The lowest BCUT2D eigenvalue weighted by Gasteiger charge is -2.11. The molecule has 1 aliphatic rings. The minimum atomic E-state index is -0.882. The van der Waals surface area contributed by atoms with Crippen molar-refractivity contribution in [1.82, 2.24) is 14.8 Å². The minimum absolute atomic E-state index is 0.0424. The van der Waals surface area contributed by atoms with Gasteiger partial charge in [0.1, 0.15) is 0 Å². The van der Waals surface area contributed by atoms with Gasteiger partial charge in [0.15, 0.2) is 5.16 Å². The van der Waals surface area contributed by atoms with Crippen LogP contribution in [-0.4, -0.2) is 44.8 Å². The fourth-order valence-electron chi connectivity index (χ4n) is 1.69. The summed E-state index contributed by atoms with van der Waals surface area (Å²) < 4.78 is 7.04. The maximum absolute atomic E-state index is 10.5. The van der Waals surface area contributed by atoms with Crippen LogP contribution < -0.4 is 5.73 Å². The molecule has 0 bridgehead atoms. The number of carboxylic acid groups (broad SMARTS) is 1. The van der Waals surface area contributed by atoms with Gasteiger partial charge in [-0.25, -0.2) is 0 Å². The quantitative estimate of drug-likeness (QED) is 0.720. The van der Waals surface area contributed by atoms with Crippen molar-refractivity contribution in [2.75, 3.05) is 24.7 Å². The largest absolute Gasteiger partial charge is 0.481 e. The molecular weight excluding hydrogens is 244 g/mol. The number of carboxylic acids is 1. The highest BCUT2D eigenvalue weighted by Crippen LogP contribution is 2.22. The second-order valence-corrected chi connectivity index (χ2v) is 4.81. The molecule has 17 heavy (non-hydrogen) atoms. The summed E-state index contributed by atoms with van der Waals surface area (Å²) in [6.07, 6.45) is 0.987. The lowest BCUT2D eigenvalue weighted by atomic mass is 10.1. The number of thioether (sulfide) groups is 1. The van der Waals surface area contributed by atoms with Crippen molar-refractivity contribution >= 4 is 23.7 Å². The van der Waals surface area contributed by atoms with Crippen LogP contribution in [0.5, 0.6) is 0 Å². The monoisotopic (exact) mass is 258 g/mol. The van der Waals surface area contributed by atoms with Gasteiger partial charge in [-0.2, -0.15) is 0 Å². The predicted octanol–water partition coefficient (Wildman–Crippen LogP) is 0.0735. The summed E-state index contributed by atoms with van der Waals surface area (Å²) in [4.78, 5) is 10.5. The van der Waals surface area contributed by atoms with Gasteiger partial charge in [0.25, 0.3) is 0 Å². The molecule has 0 amide bonds. The topological polar surface area (TPSA) is 103 Å². The number of ether oxygens (including phenoxy) is 1. The Labute approximate surface area is 102 Å². The van der Waals surface area contributed by atoms with E-state index in [4.69, 9.17) is 15.6 Å². The summed E-state index contributed by atoms with van der Waals surface area (Å²) in [5.74, 6) is -0.200. The zero-order chi connectivity index (χ0) is 12.3. The van der Waals surface area contributed by atoms with Crippen LogP contribution in [0.1, 0.15) is 6.42 Å². The number of nitrogens with two attached hydrogens (primary N) is 1. The first-order valence-electron chi connectivity index (χ1n) is 5.28. The van der Waals surface area contributed by atoms with Gasteiger partial charge in [-0.3, -0.25) is 9.36 Å². The fourth-order valence-corrected chi connectivity index (χ4v) is 2.37. The molecule has 0 radical (unpaired) electrons.